The van der Waals surface area contributed by atoms with E-state index >= 15 is 0 Å². The zero-order valence-electron chi connectivity index (χ0n) is 16.4. The van der Waals surface area contributed by atoms with Crippen LogP contribution in [0.5, 0.6) is 17.2 Å². The van der Waals surface area contributed by atoms with Crippen molar-refractivity contribution in [3.05, 3.63) is 52.8 Å². The molecule has 0 saturated carbocycles. The molecule has 1 saturated heterocycles. The van der Waals surface area contributed by atoms with E-state index in [1.54, 1.807) is 12.1 Å². The first-order valence-electron chi connectivity index (χ1n) is 8.76. The van der Waals surface area contributed by atoms with Crippen LogP contribution in [0.25, 0.3) is 0 Å². The van der Waals surface area contributed by atoms with Gasteiger partial charge in [0, 0.05) is 6.54 Å². The van der Waals surface area contributed by atoms with E-state index < -0.39 is 22.9 Å². The quantitative estimate of drug-likeness (QED) is 0.606. The highest BCUT2D eigenvalue weighted by atomic mass is 32.2. The van der Waals surface area contributed by atoms with E-state index in [0.717, 1.165) is 23.9 Å². The Hall–Kier alpha value is -2.62. The van der Waals surface area contributed by atoms with Crippen LogP contribution in [0.15, 0.2) is 30.3 Å². The topological polar surface area (TPSA) is 48.0 Å². The van der Waals surface area contributed by atoms with Gasteiger partial charge in [0.1, 0.15) is 11.2 Å². The molecule has 162 valence electrons. The Bertz CT molecular complexity index is 926. The smallest absolute Gasteiger partial charge is 0.416 e. The number of carbonyl (C=O) groups excluding carboxylic acids is 1. The molecule has 0 spiro atoms. The van der Waals surface area contributed by atoms with Crippen molar-refractivity contribution in [3.63, 3.8) is 0 Å². The average Bonchev–Trinajstić information content (AvgIpc) is 3.06. The highest BCUT2D eigenvalue weighted by molar-refractivity contribution is 8.00. The summed E-state index contributed by atoms with van der Waals surface area (Å²) >= 11 is 1.02. The van der Waals surface area contributed by atoms with Gasteiger partial charge in [0.05, 0.1) is 32.6 Å². The normalized spacial score (nSPS) is 16.7. The Morgan fingerprint density at radius 1 is 1.07 bits per heavy atom. The zero-order valence-corrected chi connectivity index (χ0v) is 17.2. The van der Waals surface area contributed by atoms with Crippen molar-refractivity contribution in [2.75, 3.05) is 27.1 Å². The van der Waals surface area contributed by atoms with Gasteiger partial charge in [-0.1, -0.05) is 0 Å². The fourth-order valence-corrected chi connectivity index (χ4v) is 4.51. The number of thioether (sulfide) groups is 1. The molecule has 1 amide bonds. The maximum absolute atomic E-state index is 13.8. The van der Waals surface area contributed by atoms with Gasteiger partial charge in [-0.3, -0.25) is 4.79 Å². The van der Waals surface area contributed by atoms with Gasteiger partial charge in [-0.05, 0) is 41.5 Å². The number of halogens is 4. The fraction of sp³-hybridized carbons (Fsp3) is 0.350. The Kier molecular flexibility index (Phi) is 6.35. The minimum absolute atomic E-state index is 0.0110. The molecule has 2 aromatic carbocycles. The van der Waals surface area contributed by atoms with Crippen LogP contribution in [-0.2, 0) is 17.5 Å². The maximum atomic E-state index is 13.8. The molecule has 0 N–H and O–H groups in total. The SMILES string of the molecule is COc1cc(CN2C(=O)CSC2c2cc(F)ccc2C(F)(F)F)cc(OC)c1OC. The van der Waals surface area contributed by atoms with Gasteiger partial charge in [0.15, 0.2) is 11.5 Å². The minimum Gasteiger partial charge on any atom is -0.493 e. The van der Waals surface area contributed by atoms with Crippen LogP contribution in [0.4, 0.5) is 17.6 Å². The van der Waals surface area contributed by atoms with Gasteiger partial charge in [0.2, 0.25) is 11.7 Å². The van der Waals surface area contributed by atoms with E-state index in [9.17, 15) is 22.4 Å². The summed E-state index contributed by atoms with van der Waals surface area (Å²) in [6, 6.07) is 5.53. The zero-order chi connectivity index (χ0) is 22.1. The molecule has 0 bridgehead atoms. The molecule has 1 heterocycles. The second kappa shape index (κ2) is 8.63. The number of amides is 1. The molecular weight excluding hydrogens is 426 g/mol. The summed E-state index contributed by atoms with van der Waals surface area (Å²) in [6.07, 6.45) is -4.67. The number of rotatable bonds is 6. The number of hydrogen-bond donors (Lipinski definition) is 0. The second-order valence-corrected chi connectivity index (χ2v) is 7.52. The second-order valence-electron chi connectivity index (χ2n) is 6.45. The lowest BCUT2D eigenvalue weighted by Crippen LogP contribution is -2.29. The highest BCUT2D eigenvalue weighted by Gasteiger charge is 2.41. The number of ether oxygens (including phenoxy) is 3. The number of carbonyl (C=O) groups is 1. The fourth-order valence-electron chi connectivity index (χ4n) is 3.30. The van der Waals surface area contributed by atoms with Crippen LogP contribution < -0.4 is 14.2 Å². The third-order valence-corrected chi connectivity index (χ3v) is 5.87. The molecule has 10 heteroatoms. The van der Waals surface area contributed by atoms with Gasteiger partial charge < -0.3 is 19.1 Å². The first kappa shape index (κ1) is 22.1. The largest absolute Gasteiger partial charge is 0.493 e. The summed E-state index contributed by atoms with van der Waals surface area (Å²) in [7, 11) is 4.31. The Labute approximate surface area is 174 Å². The van der Waals surface area contributed by atoms with E-state index in [0.29, 0.717) is 28.9 Å². The van der Waals surface area contributed by atoms with E-state index in [2.05, 4.69) is 0 Å². The molecule has 1 fully saturated rings. The van der Waals surface area contributed by atoms with Gasteiger partial charge in [0.25, 0.3) is 0 Å². The molecule has 3 rings (SSSR count). The van der Waals surface area contributed by atoms with Crippen molar-refractivity contribution >= 4 is 17.7 Å². The van der Waals surface area contributed by atoms with Crippen molar-refractivity contribution in [1.29, 1.82) is 0 Å². The number of alkyl halides is 3. The van der Waals surface area contributed by atoms with E-state index in [1.807, 2.05) is 0 Å². The number of methoxy groups -OCH3 is 3. The first-order chi connectivity index (χ1) is 14.2. The molecule has 1 aliphatic heterocycles. The monoisotopic (exact) mass is 445 g/mol. The van der Waals surface area contributed by atoms with E-state index in [4.69, 9.17) is 14.2 Å². The number of nitrogens with zero attached hydrogens (tertiary/aromatic N) is 1. The standard InChI is InChI=1S/C20H19F4NO4S/c1-27-15-6-11(7-16(28-2)18(15)29-3)9-25-17(26)10-30-19(25)13-8-12(21)4-5-14(13)20(22,23)24/h4-8,19H,9-10H2,1-3H3. The van der Waals surface area contributed by atoms with Crippen LogP contribution in [0.3, 0.4) is 0 Å². The molecule has 1 atom stereocenters. The molecular formula is C20H19F4NO4S. The van der Waals surface area contributed by atoms with Crippen LogP contribution in [0.1, 0.15) is 22.1 Å². The molecule has 1 aliphatic rings. The Balaban J connectivity index is 2.01. The highest BCUT2D eigenvalue weighted by Crippen LogP contribution is 2.46. The summed E-state index contributed by atoms with van der Waals surface area (Å²) < 4.78 is 70.1. The summed E-state index contributed by atoms with van der Waals surface area (Å²) in [5, 5.41) is -0.982. The molecule has 0 aromatic heterocycles. The van der Waals surface area contributed by atoms with Crippen molar-refractivity contribution < 1.29 is 36.6 Å². The van der Waals surface area contributed by atoms with Crippen LogP contribution in [-0.4, -0.2) is 37.9 Å². The third kappa shape index (κ3) is 4.28. The molecule has 2 aromatic rings. The van der Waals surface area contributed by atoms with Crippen LogP contribution in [0, 0.1) is 5.82 Å². The van der Waals surface area contributed by atoms with Crippen molar-refractivity contribution in [2.24, 2.45) is 0 Å². The predicted molar refractivity (Wildman–Crippen MR) is 103 cm³/mol. The van der Waals surface area contributed by atoms with Gasteiger partial charge in [-0.25, -0.2) is 4.39 Å². The van der Waals surface area contributed by atoms with Crippen molar-refractivity contribution in [3.8, 4) is 17.2 Å². The Morgan fingerprint density at radius 3 is 2.23 bits per heavy atom. The average molecular weight is 445 g/mol. The number of hydrogen-bond acceptors (Lipinski definition) is 5. The van der Waals surface area contributed by atoms with Gasteiger partial charge >= 0.3 is 6.18 Å². The lowest BCUT2D eigenvalue weighted by molar-refractivity contribution is -0.139. The third-order valence-electron chi connectivity index (χ3n) is 4.63. The molecule has 0 aliphatic carbocycles. The van der Waals surface area contributed by atoms with Gasteiger partial charge in [-0.2, -0.15) is 13.2 Å². The summed E-state index contributed by atoms with van der Waals surface area (Å²) in [6.45, 7) is -0.0129. The molecule has 30 heavy (non-hydrogen) atoms. The van der Waals surface area contributed by atoms with Crippen molar-refractivity contribution in [2.45, 2.75) is 18.1 Å². The van der Waals surface area contributed by atoms with Crippen LogP contribution >= 0.6 is 11.8 Å². The summed E-state index contributed by atoms with van der Waals surface area (Å²) in [4.78, 5) is 13.8. The molecule has 5 nitrogen and oxygen atoms in total. The molecule has 1 unspecified atom stereocenters. The summed E-state index contributed by atoms with van der Waals surface area (Å²) in [5.41, 5.74) is -0.688. The first-order valence-corrected chi connectivity index (χ1v) is 9.81. The minimum atomic E-state index is -4.67. The van der Waals surface area contributed by atoms with Gasteiger partial charge in [-0.15, -0.1) is 11.8 Å². The lowest BCUT2D eigenvalue weighted by Gasteiger charge is -2.27. The van der Waals surface area contributed by atoms with Crippen LogP contribution in [0.2, 0.25) is 0 Å². The van der Waals surface area contributed by atoms with Crippen molar-refractivity contribution in [1.82, 2.24) is 4.90 Å². The molecule has 0 radical (unpaired) electrons. The summed E-state index contributed by atoms with van der Waals surface area (Å²) in [5.74, 6) is -0.106. The lowest BCUT2D eigenvalue weighted by atomic mass is 10.1. The predicted octanol–water partition coefficient (Wildman–Crippen LogP) is 4.64. The number of benzene rings is 2. The van der Waals surface area contributed by atoms with E-state index in [1.165, 1.54) is 26.2 Å². The van der Waals surface area contributed by atoms with E-state index in [-0.39, 0.29) is 23.8 Å². The maximum Gasteiger partial charge on any atom is 0.416 e. The Morgan fingerprint density at radius 2 is 1.70 bits per heavy atom.